The Morgan fingerprint density at radius 1 is 0.897 bits per heavy atom. The van der Waals surface area contributed by atoms with Crippen molar-refractivity contribution in [2.45, 2.75) is 19.3 Å². The summed E-state index contributed by atoms with van der Waals surface area (Å²) in [5.41, 5.74) is 4.64. The summed E-state index contributed by atoms with van der Waals surface area (Å²) in [6, 6.07) is 19.5. The van der Waals surface area contributed by atoms with E-state index in [0.29, 0.717) is 46.5 Å². The monoisotopic (exact) mass is 825 g/mol. The lowest BCUT2D eigenvalue weighted by Gasteiger charge is -2.40. The van der Waals surface area contributed by atoms with Crippen LogP contribution in [0.15, 0.2) is 66.9 Å². The van der Waals surface area contributed by atoms with E-state index in [4.69, 9.17) is 16.3 Å². The van der Waals surface area contributed by atoms with Crippen molar-refractivity contribution < 1.29 is 18.9 Å². The van der Waals surface area contributed by atoms with Crippen molar-refractivity contribution in [3.05, 3.63) is 71.9 Å². The van der Waals surface area contributed by atoms with Crippen molar-refractivity contribution >= 4 is 87.2 Å². The smallest absolute Gasteiger partial charge is 0.329 e. The van der Waals surface area contributed by atoms with Gasteiger partial charge in [0.2, 0.25) is 11.9 Å². The Labute approximate surface area is 343 Å². The van der Waals surface area contributed by atoms with E-state index in [1.807, 2.05) is 48.1 Å². The lowest BCUT2D eigenvalue weighted by molar-refractivity contribution is -0.120. The standard InChI is InChI=1S/C41H49ClN11O4P/c1-49-34-23-28(9-11-30(34)39(48-49)53-18-15-37(54)46-41(53)55)51-16-13-27(14-17-51)26-50-19-21-52(22-20-50)29-10-12-32(35(24-29)57-2)45-40-43-25-31(42)38(47-40)44-33-7-5-6-8-36(33)58(3,4)56/h5-12,23-25,27H,13-22,26H2,1-4H3,(H,46,54,55)(H2,43,44,45,47). The number of ether oxygens (including phenoxy) is 1. The van der Waals surface area contributed by atoms with Crippen molar-refractivity contribution in [1.82, 2.24) is 30.0 Å². The highest BCUT2D eigenvalue weighted by atomic mass is 35.5. The molecule has 3 saturated heterocycles. The summed E-state index contributed by atoms with van der Waals surface area (Å²) in [6.07, 6.45) is 4.06. The number of nitrogens with one attached hydrogen (secondary N) is 3. The molecule has 3 aliphatic heterocycles. The van der Waals surface area contributed by atoms with Gasteiger partial charge in [-0.3, -0.25) is 24.6 Å². The summed E-state index contributed by atoms with van der Waals surface area (Å²) in [4.78, 5) is 42.2. The number of carbonyl (C=O) groups is 2. The lowest BCUT2D eigenvalue weighted by atomic mass is 9.95. The summed E-state index contributed by atoms with van der Waals surface area (Å²) in [5.74, 6) is 2.40. The predicted octanol–water partition coefficient (Wildman–Crippen LogP) is 6.25. The van der Waals surface area contributed by atoms with Crippen LogP contribution in [0.3, 0.4) is 0 Å². The Morgan fingerprint density at radius 3 is 2.36 bits per heavy atom. The molecule has 0 radical (unpaired) electrons. The van der Waals surface area contributed by atoms with E-state index < -0.39 is 13.2 Å². The highest BCUT2D eigenvalue weighted by Crippen LogP contribution is 2.39. The molecule has 3 amide bonds. The topological polar surface area (TPSA) is 153 Å². The third kappa shape index (κ3) is 8.43. The third-order valence-corrected chi connectivity index (χ3v) is 13.1. The minimum Gasteiger partial charge on any atom is -0.494 e. The zero-order valence-electron chi connectivity index (χ0n) is 33.2. The molecule has 5 aromatic rings. The molecule has 17 heteroatoms. The summed E-state index contributed by atoms with van der Waals surface area (Å²) in [7, 11) is 1.01. The molecule has 0 saturated carbocycles. The second-order valence-corrected chi connectivity index (χ2v) is 19.1. The molecule has 0 unspecified atom stereocenters. The quantitative estimate of drug-likeness (QED) is 0.129. The van der Waals surface area contributed by atoms with Crippen LogP contribution in [0.5, 0.6) is 5.75 Å². The molecule has 0 aliphatic carbocycles. The zero-order chi connectivity index (χ0) is 40.6. The van der Waals surface area contributed by atoms with Crippen LogP contribution in [0.2, 0.25) is 5.02 Å². The van der Waals surface area contributed by atoms with Crippen LogP contribution in [-0.4, -0.2) is 109 Å². The first-order chi connectivity index (χ1) is 27.9. The van der Waals surface area contributed by atoms with E-state index in [9.17, 15) is 14.2 Å². The first kappa shape index (κ1) is 39.5. The maximum atomic E-state index is 12.9. The highest BCUT2D eigenvalue weighted by molar-refractivity contribution is 7.70. The number of rotatable bonds is 11. The fourth-order valence-electron chi connectivity index (χ4n) is 8.11. The van der Waals surface area contributed by atoms with Crippen LogP contribution in [0.4, 0.5) is 45.1 Å². The van der Waals surface area contributed by atoms with Gasteiger partial charge in [0.05, 0.1) is 30.2 Å². The fraction of sp³-hybridized carbons (Fsp3) is 0.390. The van der Waals surface area contributed by atoms with Crippen LogP contribution in [0, 0.1) is 5.92 Å². The van der Waals surface area contributed by atoms with Gasteiger partial charge >= 0.3 is 6.03 Å². The number of aromatic nitrogens is 4. The summed E-state index contributed by atoms with van der Waals surface area (Å²) < 4.78 is 20.5. The van der Waals surface area contributed by atoms with Gasteiger partial charge in [0.1, 0.15) is 17.9 Å². The second-order valence-electron chi connectivity index (χ2n) is 15.5. The summed E-state index contributed by atoms with van der Waals surface area (Å²) in [5, 5.41) is 15.5. The first-order valence-corrected chi connectivity index (χ1v) is 22.6. The normalized spacial score (nSPS) is 17.2. The molecule has 2 aromatic heterocycles. The minimum absolute atomic E-state index is 0.255. The number of methoxy groups -OCH3 is 1. The number of anilines is 7. The summed E-state index contributed by atoms with van der Waals surface area (Å²) in [6.45, 7) is 10.7. The van der Waals surface area contributed by atoms with Crippen LogP contribution in [0.25, 0.3) is 10.9 Å². The largest absolute Gasteiger partial charge is 0.494 e. The molecule has 58 heavy (non-hydrogen) atoms. The number of piperidine rings is 1. The highest BCUT2D eigenvalue weighted by Gasteiger charge is 2.29. The van der Waals surface area contributed by atoms with Crippen molar-refractivity contribution in [3.8, 4) is 5.75 Å². The number of fused-ring (bicyclic) bond motifs is 1. The Bertz CT molecular complexity index is 2390. The molecule has 3 aliphatic rings. The molecule has 0 atom stereocenters. The fourth-order valence-corrected chi connectivity index (χ4v) is 9.40. The molecule has 0 spiro atoms. The van der Waals surface area contributed by atoms with Crippen LogP contribution in [-0.2, 0) is 16.4 Å². The molecular formula is C41H49ClN11O4P. The van der Waals surface area contributed by atoms with Gasteiger partial charge in [0.15, 0.2) is 11.6 Å². The van der Waals surface area contributed by atoms with E-state index in [1.165, 1.54) is 6.20 Å². The number of amides is 3. The Balaban J connectivity index is 0.838. The van der Waals surface area contributed by atoms with E-state index >= 15 is 0 Å². The van der Waals surface area contributed by atoms with Gasteiger partial charge in [-0.1, -0.05) is 23.7 Å². The first-order valence-electron chi connectivity index (χ1n) is 19.6. The average Bonchev–Trinajstić information content (AvgIpc) is 3.54. The number of piperazine rings is 1. The Morgan fingerprint density at radius 2 is 1.62 bits per heavy atom. The molecule has 3 fully saturated rings. The van der Waals surface area contributed by atoms with Crippen molar-refractivity contribution in [3.63, 3.8) is 0 Å². The maximum Gasteiger partial charge on any atom is 0.329 e. The van der Waals surface area contributed by atoms with E-state index in [2.05, 4.69) is 70.0 Å². The second kappa shape index (κ2) is 16.5. The predicted molar refractivity (Wildman–Crippen MR) is 232 cm³/mol. The lowest BCUT2D eigenvalue weighted by Crippen LogP contribution is -2.49. The van der Waals surface area contributed by atoms with Crippen LogP contribution in [0.1, 0.15) is 19.3 Å². The molecular weight excluding hydrogens is 777 g/mol. The molecule has 8 rings (SSSR count). The molecule has 3 aromatic carbocycles. The molecule has 3 N–H and O–H groups in total. The van der Waals surface area contributed by atoms with E-state index in [0.717, 1.165) is 91.9 Å². The number of para-hydroxylation sites is 1. The van der Waals surface area contributed by atoms with Gasteiger partial charge in [-0.2, -0.15) is 10.1 Å². The van der Waals surface area contributed by atoms with Crippen molar-refractivity contribution in [2.75, 3.05) is 98.1 Å². The number of benzene rings is 3. The van der Waals surface area contributed by atoms with Crippen LogP contribution < -0.4 is 40.7 Å². The number of halogens is 1. The Hall–Kier alpha value is -5.37. The van der Waals surface area contributed by atoms with Crippen molar-refractivity contribution in [2.24, 2.45) is 13.0 Å². The number of carbonyl (C=O) groups excluding carboxylic acids is 2. The SMILES string of the molecule is COc1cc(N2CCN(CC3CCN(c4ccc5c(N6CCC(=O)NC6=O)nn(C)c5c4)CC3)CC2)ccc1Nc1ncc(Cl)c(Nc2ccccc2P(C)(C)=O)n1. The minimum atomic E-state index is -2.54. The van der Waals surface area contributed by atoms with Gasteiger partial charge in [-0.05, 0) is 74.6 Å². The van der Waals surface area contributed by atoms with Crippen molar-refractivity contribution in [1.29, 1.82) is 0 Å². The molecule has 0 bridgehead atoms. The molecule has 304 valence electrons. The number of urea groups is 1. The van der Waals surface area contributed by atoms with Gasteiger partial charge < -0.3 is 29.7 Å². The van der Waals surface area contributed by atoms with Gasteiger partial charge in [-0.15, -0.1) is 0 Å². The zero-order valence-corrected chi connectivity index (χ0v) is 34.9. The van der Waals surface area contributed by atoms with Crippen LogP contribution >= 0.6 is 18.7 Å². The maximum absolute atomic E-state index is 12.9. The van der Waals surface area contributed by atoms with Gasteiger partial charge in [-0.25, -0.2) is 9.78 Å². The summed E-state index contributed by atoms with van der Waals surface area (Å²) >= 11 is 6.48. The molecule has 5 heterocycles. The number of imide groups is 1. The van der Waals surface area contributed by atoms with E-state index in [1.54, 1.807) is 25.3 Å². The number of hydrogen-bond acceptors (Lipinski definition) is 12. The van der Waals surface area contributed by atoms with E-state index in [-0.39, 0.29) is 12.3 Å². The molecule has 15 nitrogen and oxygen atoms in total. The number of aryl methyl sites for hydroxylation is 1. The van der Waals surface area contributed by atoms with Gasteiger partial charge in [0, 0.05) is 94.0 Å². The third-order valence-electron chi connectivity index (χ3n) is 11.3. The Kier molecular flexibility index (Phi) is 11.2. The number of hydrogen-bond donors (Lipinski definition) is 3. The number of nitrogens with zero attached hydrogens (tertiary/aromatic N) is 8. The average molecular weight is 826 g/mol. The van der Waals surface area contributed by atoms with Gasteiger partial charge in [0.25, 0.3) is 0 Å².